The van der Waals surface area contributed by atoms with E-state index in [4.69, 9.17) is 5.26 Å². The Balaban J connectivity index is 1.45. The number of nitrogens with one attached hydrogen (secondary N) is 1. The van der Waals surface area contributed by atoms with E-state index in [1.807, 2.05) is 31.3 Å². The number of nitrogens with zero attached hydrogens (tertiary/aromatic N) is 5. The third-order valence-corrected chi connectivity index (χ3v) is 6.53. The summed E-state index contributed by atoms with van der Waals surface area (Å²) in [4.78, 5) is 18.7. The average molecular weight is 457 g/mol. The van der Waals surface area contributed by atoms with Gasteiger partial charge in [-0.05, 0) is 56.4 Å². The van der Waals surface area contributed by atoms with E-state index in [0.717, 1.165) is 36.1 Å². The molecule has 2 aromatic heterocycles. The van der Waals surface area contributed by atoms with E-state index < -0.39 is 0 Å². The first-order valence-corrected chi connectivity index (χ1v) is 11.6. The van der Waals surface area contributed by atoms with Gasteiger partial charge in [-0.15, -0.1) is 16.4 Å². The Bertz CT molecular complexity index is 1250. The molecule has 2 heterocycles. The molecule has 0 spiro atoms. The first kappa shape index (κ1) is 22.4. The number of nitriles is 1. The summed E-state index contributed by atoms with van der Waals surface area (Å²) in [6.45, 7) is 6.18. The molecule has 0 bridgehead atoms. The lowest BCUT2D eigenvalue weighted by Gasteiger charge is -2.06. The molecule has 0 fully saturated rings. The van der Waals surface area contributed by atoms with Crippen LogP contribution in [-0.2, 0) is 24.2 Å². The van der Waals surface area contributed by atoms with E-state index >= 15 is 0 Å². The summed E-state index contributed by atoms with van der Waals surface area (Å²) in [5, 5.41) is 20.9. The molecular formula is C25H24N6OS. The Hall–Kier alpha value is -3.83. The molecule has 1 aliphatic rings. The van der Waals surface area contributed by atoms with Gasteiger partial charge in [0.15, 0.2) is 5.13 Å². The third-order valence-electron chi connectivity index (χ3n) is 5.45. The van der Waals surface area contributed by atoms with Crippen molar-refractivity contribution in [2.75, 3.05) is 5.32 Å². The predicted octanol–water partition coefficient (Wildman–Crippen LogP) is 4.85. The topological polar surface area (TPSA) is 96.5 Å². The maximum Gasteiger partial charge on any atom is 0.257 e. The fourth-order valence-corrected chi connectivity index (χ4v) is 4.67. The number of amides is 1. The molecule has 0 atom stereocenters. The van der Waals surface area contributed by atoms with Crippen LogP contribution in [0.1, 0.15) is 35.9 Å². The second kappa shape index (κ2) is 10.2. The van der Waals surface area contributed by atoms with Crippen molar-refractivity contribution in [1.29, 1.82) is 5.26 Å². The summed E-state index contributed by atoms with van der Waals surface area (Å²) in [6, 6.07) is 9.30. The normalized spacial score (nSPS) is 13.8. The third kappa shape index (κ3) is 5.33. The largest absolute Gasteiger partial charge is 0.298 e. The smallest absolute Gasteiger partial charge is 0.257 e. The summed E-state index contributed by atoms with van der Waals surface area (Å²) in [7, 11) is 0. The van der Waals surface area contributed by atoms with Crippen LogP contribution in [0.2, 0.25) is 0 Å². The van der Waals surface area contributed by atoms with Gasteiger partial charge < -0.3 is 0 Å². The van der Waals surface area contributed by atoms with Gasteiger partial charge in [0.05, 0.1) is 30.1 Å². The molecule has 8 heteroatoms. The highest BCUT2D eigenvalue weighted by atomic mass is 32.1. The van der Waals surface area contributed by atoms with Crippen molar-refractivity contribution in [3.8, 4) is 17.3 Å². The summed E-state index contributed by atoms with van der Waals surface area (Å²) in [5.74, 6) is -0.229. The highest BCUT2D eigenvalue weighted by molar-refractivity contribution is 7.15. The zero-order chi connectivity index (χ0) is 23.2. The van der Waals surface area contributed by atoms with Gasteiger partial charge >= 0.3 is 0 Å². The number of aromatic nitrogens is 4. The van der Waals surface area contributed by atoms with Gasteiger partial charge in [0, 0.05) is 16.0 Å². The van der Waals surface area contributed by atoms with Crippen LogP contribution in [0, 0.1) is 11.3 Å². The van der Waals surface area contributed by atoms with Gasteiger partial charge in [-0.1, -0.05) is 36.1 Å². The fourth-order valence-electron chi connectivity index (χ4n) is 3.62. The van der Waals surface area contributed by atoms with Gasteiger partial charge in [0.25, 0.3) is 5.91 Å². The fraction of sp³-hybridized carbons (Fsp3) is 0.240. The summed E-state index contributed by atoms with van der Waals surface area (Å²) >= 11 is 1.56. The number of carbonyl (C=O) groups excluding carboxylic acids is 1. The number of thiazole rings is 1. The lowest BCUT2D eigenvalue weighted by Crippen LogP contribution is -2.14. The molecule has 0 saturated carbocycles. The lowest BCUT2D eigenvalue weighted by molar-refractivity contribution is -0.112. The first-order valence-electron chi connectivity index (χ1n) is 10.8. The molecule has 0 radical (unpaired) electrons. The SMILES string of the molecule is C=C/C(=C\C(=C/C)Cn1cc(-c2ccc(C#N)cc2)nn1)C(=O)Nc1nc2c(s1)CCCC2. The van der Waals surface area contributed by atoms with Crippen LogP contribution in [0.15, 0.2) is 66.4 Å². The molecule has 1 N–H and O–H groups in total. The molecule has 0 unspecified atom stereocenters. The van der Waals surface area contributed by atoms with Crippen LogP contribution in [0.3, 0.4) is 0 Å². The minimum absolute atomic E-state index is 0.229. The van der Waals surface area contributed by atoms with Crippen molar-refractivity contribution in [3.05, 3.63) is 82.6 Å². The van der Waals surface area contributed by atoms with E-state index in [1.165, 1.54) is 11.3 Å². The minimum Gasteiger partial charge on any atom is -0.298 e. The zero-order valence-electron chi connectivity index (χ0n) is 18.4. The van der Waals surface area contributed by atoms with Crippen molar-refractivity contribution in [3.63, 3.8) is 0 Å². The molecule has 1 amide bonds. The summed E-state index contributed by atoms with van der Waals surface area (Å²) < 4.78 is 1.72. The molecule has 1 aliphatic carbocycles. The molecule has 0 aliphatic heterocycles. The second-order valence-electron chi connectivity index (χ2n) is 7.71. The van der Waals surface area contributed by atoms with Crippen molar-refractivity contribution in [2.24, 2.45) is 0 Å². The molecule has 7 nitrogen and oxygen atoms in total. The highest BCUT2D eigenvalue weighted by Gasteiger charge is 2.17. The van der Waals surface area contributed by atoms with Crippen LogP contribution >= 0.6 is 11.3 Å². The summed E-state index contributed by atoms with van der Waals surface area (Å²) in [5.41, 5.74) is 4.67. The number of allylic oxidation sites excluding steroid dienone is 3. The molecular weight excluding hydrogens is 432 g/mol. The van der Waals surface area contributed by atoms with Crippen molar-refractivity contribution in [1.82, 2.24) is 20.0 Å². The molecule has 33 heavy (non-hydrogen) atoms. The number of benzene rings is 1. The number of aryl methyl sites for hydroxylation is 2. The average Bonchev–Trinajstić information content (AvgIpc) is 3.48. The lowest BCUT2D eigenvalue weighted by atomic mass is 10.0. The Labute approximate surface area is 196 Å². The van der Waals surface area contributed by atoms with Gasteiger partial charge in [0.1, 0.15) is 5.69 Å². The maximum absolute atomic E-state index is 12.8. The van der Waals surface area contributed by atoms with Crippen LogP contribution < -0.4 is 5.32 Å². The monoisotopic (exact) mass is 456 g/mol. The van der Waals surface area contributed by atoms with E-state index in [1.54, 1.807) is 40.3 Å². The Kier molecular flexibility index (Phi) is 6.91. The molecule has 3 aromatic rings. The highest BCUT2D eigenvalue weighted by Crippen LogP contribution is 2.29. The van der Waals surface area contributed by atoms with Crippen LogP contribution in [0.4, 0.5) is 5.13 Å². The molecule has 0 saturated heterocycles. The van der Waals surface area contributed by atoms with Crippen molar-refractivity contribution < 1.29 is 4.79 Å². The zero-order valence-corrected chi connectivity index (χ0v) is 19.2. The number of fused-ring (bicyclic) bond motifs is 1. The van der Waals surface area contributed by atoms with E-state index in [2.05, 4.69) is 33.3 Å². The van der Waals surface area contributed by atoms with Crippen molar-refractivity contribution >= 4 is 22.4 Å². The second-order valence-corrected chi connectivity index (χ2v) is 8.79. The first-order chi connectivity index (χ1) is 16.1. The van der Waals surface area contributed by atoms with E-state index in [9.17, 15) is 4.79 Å². The van der Waals surface area contributed by atoms with E-state index in [0.29, 0.717) is 28.5 Å². The number of rotatable bonds is 7. The Morgan fingerprint density at radius 2 is 2.09 bits per heavy atom. The van der Waals surface area contributed by atoms with Crippen LogP contribution in [-0.4, -0.2) is 25.9 Å². The van der Waals surface area contributed by atoms with Gasteiger partial charge in [0.2, 0.25) is 0 Å². The number of carbonyl (C=O) groups is 1. The number of hydrogen-bond acceptors (Lipinski definition) is 6. The Morgan fingerprint density at radius 3 is 2.79 bits per heavy atom. The van der Waals surface area contributed by atoms with E-state index in [-0.39, 0.29) is 5.91 Å². The summed E-state index contributed by atoms with van der Waals surface area (Å²) in [6.07, 6.45) is 11.5. The molecule has 4 rings (SSSR count). The molecule has 1 aromatic carbocycles. The number of anilines is 1. The van der Waals surface area contributed by atoms with Crippen LogP contribution in [0.25, 0.3) is 11.3 Å². The van der Waals surface area contributed by atoms with Crippen LogP contribution in [0.5, 0.6) is 0 Å². The number of hydrogen-bond donors (Lipinski definition) is 1. The Morgan fingerprint density at radius 1 is 1.30 bits per heavy atom. The maximum atomic E-state index is 12.8. The van der Waals surface area contributed by atoms with Gasteiger partial charge in [-0.2, -0.15) is 5.26 Å². The predicted molar refractivity (Wildman–Crippen MR) is 130 cm³/mol. The standard InChI is InChI=1S/C25H24N6OS/c1-3-17(15-31-16-22(29-30-31)20-11-9-18(14-26)10-12-20)13-19(4-2)24(32)28-25-27-21-7-5-6-8-23(21)33-25/h3-4,9-13,16H,2,5-8,15H2,1H3,(H,27,28,32)/b17-3+,19-13+. The van der Waals surface area contributed by atoms with Crippen molar-refractivity contribution in [2.45, 2.75) is 39.2 Å². The quantitative estimate of drug-likeness (QED) is 0.405. The van der Waals surface area contributed by atoms with Gasteiger partial charge in [-0.25, -0.2) is 9.67 Å². The minimum atomic E-state index is -0.229. The van der Waals surface area contributed by atoms with Gasteiger partial charge in [-0.3, -0.25) is 10.1 Å². The molecule has 166 valence electrons.